The molecule has 1 aromatic rings. The summed E-state index contributed by atoms with van der Waals surface area (Å²) >= 11 is 3.13. The zero-order valence-corrected chi connectivity index (χ0v) is 12.6. The number of ether oxygens (including phenoxy) is 1. The second-order valence-corrected chi connectivity index (χ2v) is 5.87. The summed E-state index contributed by atoms with van der Waals surface area (Å²) in [6.45, 7) is 5.05. The average molecular weight is 330 g/mol. The molecule has 5 heteroatoms. The Morgan fingerprint density at radius 3 is 2.95 bits per heavy atom. The van der Waals surface area contributed by atoms with Crippen molar-refractivity contribution in [2.24, 2.45) is 11.8 Å². The molecule has 2 unspecified atom stereocenters. The van der Waals surface area contributed by atoms with Gasteiger partial charge in [0.1, 0.15) is 5.82 Å². The first-order valence-corrected chi connectivity index (χ1v) is 7.12. The zero-order valence-electron chi connectivity index (χ0n) is 11.0. The van der Waals surface area contributed by atoms with Crippen LogP contribution < -0.4 is 5.32 Å². The van der Waals surface area contributed by atoms with Crippen LogP contribution in [0.25, 0.3) is 0 Å². The quantitative estimate of drug-likeness (QED) is 0.901. The van der Waals surface area contributed by atoms with E-state index in [2.05, 4.69) is 21.2 Å². The molecule has 1 saturated heterocycles. The minimum Gasteiger partial charge on any atom is -0.381 e. The maximum Gasteiger partial charge on any atom is 0.227 e. The van der Waals surface area contributed by atoms with Gasteiger partial charge in [-0.25, -0.2) is 4.39 Å². The van der Waals surface area contributed by atoms with Crippen LogP contribution in [0.5, 0.6) is 0 Å². The summed E-state index contributed by atoms with van der Waals surface area (Å²) in [5, 5.41) is 2.82. The lowest BCUT2D eigenvalue weighted by molar-refractivity contribution is -0.125. The summed E-state index contributed by atoms with van der Waals surface area (Å²) in [4.78, 5) is 12.2. The maximum atomic E-state index is 13.5. The Balaban J connectivity index is 2.12. The Bertz CT molecular complexity index is 493. The van der Waals surface area contributed by atoms with Gasteiger partial charge in [0.2, 0.25) is 5.91 Å². The van der Waals surface area contributed by atoms with Gasteiger partial charge in [-0.2, -0.15) is 0 Å². The summed E-state index contributed by atoms with van der Waals surface area (Å²) in [6, 6.07) is 3.01. The molecular weight excluding hydrogens is 313 g/mol. The molecule has 2 atom stereocenters. The summed E-state index contributed by atoms with van der Waals surface area (Å²) in [6.07, 6.45) is 0.713. The highest BCUT2D eigenvalue weighted by Gasteiger charge is 2.28. The number of carbonyl (C=O) groups is 1. The van der Waals surface area contributed by atoms with Crippen molar-refractivity contribution in [1.29, 1.82) is 0 Å². The Labute approximate surface area is 120 Å². The first-order valence-electron chi connectivity index (χ1n) is 6.33. The molecule has 19 heavy (non-hydrogen) atoms. The number of halogens is 2. The fourth-order valence-electron chi connectivity index (χ4n) is 2.28. The molecular formula is C14H17BrFNO2. The molecule has 0 spiro atoms. The number of carbonyl (C=O) groups excluding carboxylic acids is 1. The van der Waals surface area contributed by atoms with Crippen molar-refractivity contribution in [3.05, 3.63) is 28.0 Å². The number of benzene rings is 1. The molecule has 0 aromatic heterocycles. The van der Waals surface area contributed by atoms with Gasteiger partial charge in [-0.3, -0.25) is 4.79 Å². The molecule has 1 heterocycles. The molecule has 104 valence electrons. The van der Waals surface area contributed by atoms with E-state index in [9.17, 15) is 9.18 Å². The van der Waals surface area contributed by atoms with E-state index in [0.29, 0.717) is 29.8 Å². The third-order valence-corrected chi connectivity index (χ3v) is 4.11. The van der Waals surface area contributed by atoms with E-state index in [1.54, 1.807) is 6.07 Å². The Morgan fingerprint density at radius 2 is 2.26 bits per heavy atom. The predicted octanol–water partition coefficient (Wildman–Crippen LogP) is 3.51. The van der Waals surface area contributed by atoms with E-state index < -0.39 is 0 Å². The molecule has 1 aromatic carbocycles. The lowest BCUT2D eigenvalue weighted by atomic mass is 9.89. The molecule has 1 aliphatic heterocycles. The molecule has 1 amide bonds. The topological polar surface area (TPSA) is 38.3 Å². The summed E-state index contributed by atoms with van der Waals surface area (Å²) < 4.78 is 19.2. The van der Waals surface area contributed by atoms with E-state index in [4.69, 9.17) is 4.74 Å². The van der Waals surface area contributed by atoms with Gasteiger partial charge in [-0.05, 0) is 52.9 Å². The van der Waals surface area contributed by atoms with Crippen molar-refractivity contribution in [1.82, 2.24) is 0 Å². The normalized spacial score (nSPS) is 23.2. The second-order valence-electron chi connectivity index (χ2n) is 5.02. The molecule has 2 rings (SSSR count). The number of anilines is 1. The molecule has 1 N–H and O–H groups in total. The highest BCUT2D eigenvalue weighted by atomic mass is 79.9. The maximum absolute atomic E-state index is 13.5. The van der Waals surface area contributed by atoms with Crippen LogP contribution in [0, 0.1) is 24.6 Å². The highest BCUT2D eigenvalue weighted by Crippen LogP contribution is 2.27. The first kappa shape index (κ1) is 14.5. The fraction of sp³-hybridized carbons (Fsp3) is 0.500. The lowest BCUT2D eigenvalue weighted by Crippen LogP contribution is -2.35. The number of aryl methyl sites for hydroxylation is 1. The van der Waals surface area contributed by atoms with Crippen molar-refractivity contribution in [3.8, 4) is 0 Å². The van der Waals surface area contributed by atoms with Gasteiger partial charge in [-0.1, -0.05) is 6.92 Å². The van der Waals surface area contributed by atoms with Crippen LogP contribution in [0.2, 0.25) is 0 Å². The van der Waals surface area contributed by atoms with Crippen LogP contribution in [0.4, 0.5) is 10.1 Å². The molecule has 0 saturated carbocycles. The van der Waals surface area contributed by atoms with Gasteiger partial charge >= 0.3 is 0 Å². The number of nitrogens with one attached hydrogen (secondary N) is 1. The van der Waals surface area contributed by atoms with Crippen molar-refractivity contribution >= 4 is 27.5 Å². The van der Waals surface area contributed by atoms with Crippen LogP contribution in [0.15, 0.2) is 16.6 Å². The van der Waals surface area contributed by atoms with Crippen molar-refractivity contribution in [2.45, 2.75) is 20.3 Å². The first-order chi connectivity index (χ1) is 8.99. The Morgan fingerprint density at radius 1 is 1.53 bits per heavy atom. The van der Waals surface area contributed by atoms with Crippen LogP contribution in [0.3, 0.4) is 0 Å². The van der Waals surface area contributed by atoms with Crippen LogP contribution >= 0.6 is 15.9 Å². The third kappa shape index (κ3) is 3.34. The Hall–Kier alpha value is -0.940. The van der Waals surface area contributed by atoms with Gasteiger partial charge < -0.3 is 10.1 Å². The van der Waals surface area contributed by atoms with Crippen LogP contribution in [0.1, 0.15) is 18.9 Å². The second kappa shape index (κ2) is 6.01. The van der Waals surface area contributed by atoms with E-state index in [1.165, 1.54) is 6.07 Å². The van der Waals surface area contributed by atoms with Crippen LogP contribution in [-0.2, 0) is 9.53 Å². The number of hydrogen-bond acceptors (Lipinski definition) is 2. The fourth-order valence-corrected chi connectivity index (χ4v) is 2.73. The van der Waals surface area contributed by atoms with Gasteiger partial charge in [0.15, 0.2) is 0 Å². The number of rotatable bonds is 2. The minimum absolute atomic E-state index is 0.0550. The molecule has 0 radical (unpaired) electrons. The highest BCUT2D eigenvalue weighted by molar-refractivity contribution is 9.10. The lowest BCUT2D eigenvalue weighted by Gasteiger charge is -2.28. The number of hydrogen-bond donors (Lipinski definition) is 1. The minimum atomic E-state index is -0.374. The molecule has 0 aliphatic carbocycles. The largest absolute Gasteiger partial charge is 0.381 e. The number of amides is 1. The average Bonchev–Trinajstić information content (AvgIpc) is 2.36. The summed E-state index contributed by atoms with van der Waals surface area (Å²) in [5.74, 6) is -0.309. The Kier molecular flexibility index (Phi) is 4.58. The molecule has 3 nitrogen and oxygen atoms in total. The van der Waals surface area contributed by atoms with E-state index >= 15 is 0 Å². The smallest absolute Gasteiger partial charge is 0.227 e. The predicted molar refractivity (Wildman–Crippen MR) is 75.6 cm³/mol. The standard InChI is InChI=1S/C14H17BrFNO2/c1-8-5-11(15)12(16)6-13(8)17-14(18)10-3-4-19-7-9(10)2/h5-6,9-10H,3-4,7H2,1-2H3,(H,17,18). The van der Waals surface area contributed by atoms with E-state index in [1.807, 2.05) is 13.8 Å². The molecule has 1 aliphatic rings. The van der Waals surface area contributed by atoms with Crippen LogP contribution in [-0.4, -0.2) is 19.1 Å². The molecule has 1 fully saturated rings. The van der Waals surface area contributed by atoms with Gasteiger partial charge in [0, 0.05) is 24.8 Å². The van der Waals surface area contributed by atoms with Gasteiger partial charge in [0.25, 0.3) is 0 Å². The van der Waals surface area contributed by atoms with Gasteiger partial charge in [-0.15, -0.1) is 0 Å². The monoisotopic (exact) mass is 329 g/mol. The van der Waals surface area contributed by atoms with E-state index in [-0.39, 0.29) is 23.6 Å². The summed E-state index contributed by atoms with van der Waals surface area (Å²) in [5.41, 5.74) is 1.37. The SMILES string of the molecule is Cc1cc(Br)c(F)cc1NC(=O)C1CCOCC1C. The zero-order chi connectivity index (χ0) is 14.0. The van der Waals surface area contributed by atoms with Gasteiger partial charge in [0.05, 0.1) is 4.47 Å². The summed E-state index contributed by atoms with van der Waals surface area (Å²) in [7, 11) is 0. The van der Waals surface area contributed by atoms with Crippen molar-refractivity contribution < 1.29 is 13.9 Å². The molecule has 0 bridgehead atoms. The van der Waals surface area contributed by atoms with Crippen molar-refractivity contribution in [2.75, 3.05) is 18.5 Å². The van der Waals surface area contributed by atoms with E-state index in [0.717, 1.165) is 5.56 Å². The van der Waals surface area contributed by atoms with Crippen molar-refractivity contribution in [3.63, 3.8) is 0 Å². The third-order valence-electron chi connectivity index (χ3n) is 3.50.